The van der Waals surface area contributed by atoms with Gasteiger partial charge >= 0.3 is 0 Å². The number of anilines is 1. The van der Waals surface area contributed by atoms with Crippen LogP contribution in [-0.4, -0.2) is 47.3 Å². The molecule has 1 atom stereocenters. The molecule has 5 rings (SSSR count). The number of ether oxygens (including phenoxy) is 1. The molecule has 2 amide bonds. The lowest BCUT2D eigenvalue weighted by atomic mass is 9.97. The topological polar surface area (TPSA) is 98.1 Å². The van der Waals surface area contributed by atoms with E-state index in [0.717, 1.165) is 57.0 Å². The van der Waals surface area contributed by atoms with Crippen molar-refractivity contribution in [1.82, 2.24) is 19.9 Å². The van der Waals surface area contributed by atoms with E-state index in [1.54, 1.807) is 6.20 Å². The Labute approximate surface area is 267 Å². The van der Waals surface area contributed by atoms with E-state index in [-0.39, 0.29) is 5.91 Å². The number of thioether (sulfide) groups is 1. The molecule has 0 saturated heterocycles. The number of halogens is 2. The Balaban J connectivity index is 1.56. The van der Waals surface area contributed by atoms with Crippen molar-refractivity contribution < 1.29 is 23.1 Å². The van der Waals surface area contributed by atoms with E-state index >= 15 is 0 Å². The molecular formula is C33H37F2N5O3SSi. The number of aromatic nitrogens is 3. The number of amides is 2. The molecule has 1 aliphatic rings. The fourth-order valence-corrected chi connectivity index (χ4v) is 6.82. The van der Waals surface area contributed by atoms with Gasteiger partial charge in [-0.05, 0) is 60.5 Å². The summed E-state index contributed by atoms with van der Waals surface area (Å²) in [5.74, 6) is -2.39. The fourth-order valence-electron chi connectivity index (χ4n) is 5.52. The quantitative estimate of drug-likeness (QED) is 0.101. The molecule has 0 bridgehead atoms. The van der Waals surface area contributed by atoms with Gasteiger partial charge < -0.3 is 15.4 Å². The zero-order valence-corrected chi connectivity index (χ0v) is 27.9. The Hall–Kier alpha value is -3.87. The molecule has 12 heteroatoms. The van der Waals surface area contributed by atoms with Crippen LogP contribution in [0.25, 0.3) is 22.5 Å². The molecule has 1 unspecified atom stereocenters. The lowest BCUT2D eigenvalue weighted by Gasteiger charge is -2.18. The van der Waals surface area contributed by atoms with E-state index in [2.05, 4.69) is 35.3 Å². The number of nitrogens with zero attached hydrogens (tertiary/aromatic N) is 3. The summed E-state index contributed by atoms with van der Waals surface area (Å²) in [7, 11) is -1.30. The van der Waals surface area contributed by atoms with E-state index in [0.29, 0.717) is 32.0 Å². The summed E-state index contributed by atoms with van der Waals surface area (Å²) in [5.41, 5.74) is 4.54. The van der Waals surface area contributed by atoms with E-state index in [1.165, 1.54) is 24.8 Å². The first-order valence-electron chi connectivity index (χ1n) is 14.8. The standard InChI is InChI=1S/C33H37F2N5O3SSi/c1-20(41)37-28-18-21(14-15-36-28)31-30(39-33(44-2)40(31)19-43-16-17-45(3,4)5)24-9-6-8-23-22(24)12-13-27(23)38-32(42)29-25(34)10-7-11-26(29)35/h6-11,14-15,18,27H,12-13,16-17,19H2,1-5H3,(H,38,42)(H,36,37,41). The summed E-state index contributed by atoms with van der Waals surface area (Å²) in [6, 6.07) is 13.5. The van der Waals surface area contributed by atoms with Gasteiger partial charge in [-0.1, -0.05) is 55.7 Å². The zero-order chi connectivity index (χ0) is 32.3. The van der Waals surface area contributed by atoms with Gasteiger partial charge in [0.25, 0.3) is 5.91 Å². The molecular weight excluding hydrogens is 613 g/mol. The minimum Gasteiger partial charge on any atom is -0.361 e. The first-order valence-corrected chi connectivity index (χ1v) is 19.7. The SMILES string of the molecule is CSc1nc(-c2cccc3c2CCC3NC(=O)c2c(F)cccc2F)c(-c2ccnc(NC(C)=O)c2)n1COCC[Si](C)(C)C. The van der Waals surface area contributed by atoms with Crippen molar-refractivity contribution in [2.45, 2.75) is 63.4 Å². The number of carbonyl (C=O) groups excluding carboxylic acids is 2. The number of nitrogens with one attached hydrogen (secondary N) is 2. The highest BCUT2D eigenvalue weighted by Crippen LogP contribution is 2.42. The summed E-state index contributed by atoms with van der Waals surface area (Å²) >= 11 is 1.51. The lowest BCUT2D eigenvalue weighted by molar-refractivity contribution is -0.114. The van der Waals surface area contributed by atoms with Crippen molar-refractivity contribution >= 4 is 37.5 Å². The third kappa shape index (κ3) is 7.34. The number of carbonyl (C=O) groups is 2. The average molecular weight is 650 g/mol. The number of rotatable bonds is 11. The number of pyridine rings is 1. The molecule has 0 aliphatic heterocycles. The second-order valence-electron chi connectivity index (χ2n) is 12.2. The van der Waals surface area contributed by atoms with E-state index in [9.17, 15) is 18.4 Å². The van der Waals surface area contributed by atoms with Crippen LogP contribution in [-0.2, 0) is 22.7 Å². The Morgan fingerprint density at radius 1 is 1.11 bits per heavy atom. The molecule has 0 saturated carbocycles. The largest absolute Gasteiger partial charge is 0.361 e. The molecule has 1 aliphatic carbocycles. The maximum absolute atomic E-state index is 14.4. The van der Waals surface area contributed by atoms with Crippen molar-refractivity contribution in [3.8, 4) is 22.5 Å². The second kappa shape index (κ2) is 13.6. The van der Waals surface area contributed by atoms with Crippen molar-refractivity contribution in [2.75, 3.05) is 18.2 Å². The molecule has 2 N–H and O–H groups in total. The van der Waals surface area contributed by atoms with Crippen LogP contribution in [0.1, 0.15) is 40.9 Å². The first kappa shape index (κ1) is 32.5. The van der Waals surface area contributed by atoms with Crippen LogP contribution >= 0.6 is 11.8 Å². The summed E-state index contributed by atoms with van der Waals surface area (Å²) in [4.78, 5) is 34.2. The highest BCUT2D eigenvalue weighted by Gasteiger charge is 2.31. The van der Waals surface area contributed by atoms with Crippen LogP contribution in [0, 0.1) is 11.6 Å². The molecule has 0 fully saturated rings. The van der Waals surface area contributed by atoms with Crippen LogP contribution in [0.2, 0.25) is 25.7 Å². The lowest BCUT2D eigenvalue weighted by Crippen LogP contribution is -2.28. The Kier molecular flexibility index (Phi) is 9.85. The second-order valence-corrected chi connectivity index (χ2v) is 18.6. The van der Waals surface area contributed by atoms with E-state index in [1.807, 2.05) is 41.2 Å². The fraction of sp³-hybridized carbons (Fsp3) is 0.333. The van der Waals surface area contributed by atoms with Crippen molar-refractivity contribution in [1.29, 1.82) is 0 Å². The van der Waals surface area contributed by atoms with Crippen LogP contribution < -0.4 is 10.6 Å². The minimum atomic E-state index is -1.30. The summed E-state index contributed by atoms with van der Waals surface area (Å²) in [6.45, 7) is 9.29. The highest BCUT2D eigenvalue weighted by atomic mass is 32.2. The van der Waals surface area contributed by atoms with E-state index < -0.39 is 37.2 Å². The Morgan fingerprint density at radius 3 is 2.53 bits per heavy atom. The van der Waals surface area contributed by atoms with Crippen LogP contribution in [0.5, 0.6) is 0 Å². The van der Waals surface area contributed by atoms with E-state index in [4.69, 9.17) is 9.72 Å². The van der Waals surface area contributed by atoms with Crippen molar-refractivity contribution in [2.24, 2.45) is 0 Å². The smallest absolute Gasteiger partial charge is 0.257 e. The minimum absolute atomic E-state index is 0.225. The molecule has 2 heterocycles. The Morgan fingerprint density at radius 2 is 1.84 bits per heavy atom. The molecule has 2 aromatic heterocycles. The van der Waals surface area contributed by atoms with Gasteiger partial charge in [0.1, 0.15) is 29.7 Å². The van der Waals surface area contributed by atoms with Gasteiger partial charge in [0.05, 0.1) is 17.4 Å². The van der Waals surface area contributed by atoms with Crippen molar-refractivity contribution in [3.63, 3.8) is 0 Å². The predicted molar refractivity (Wildman–Crippen MR) is 176 cm³/mol. The predicted octanol–water partition coefficient (Wildman–Crippen LogP) is 7.30. The van der Waals surface area contributed by atoms with Gasteiger partial charge in [0.2, 0.25) is 5.91 Å². The number of benzene rings is 2. The normalized spacial score (nSPS) is 14.3. The third-order valence-electron chi connectivity index (χ3n) is 7.69. The number of hydrogen-bond acceptors (Lipinski definition) is 6. The molecule has 2 aromatic carbocycles. The summed E-state index contributed by atoms with van der Waals surface area (Å²) < 4.78 is 37.0. The van der Waals surface area contributed by atoms with Crippen LogP contribution in [0.3, 0.4) is 0 Å². The number of imidazole rings is 1. The van der Waals surface area contributed by atoms with Gasteiger partial charge in [0, 0.05) is 38.9 Å². The molecule has 4 aromatic rings. The number of hydrogen-bond donors (Lipinski definition) is 2. The van der Waals surface area contributed by atoms with Gasteiger partial charge in [-0.2, -0.15) is 0 Å². The summed E-state index contributed by atoms with van der Waals surface area (Å²) in [6.07, 6.45) is 4.82. The molecule has 8 nitrogen and oxygen atoms in total. The highest BCUT2D eigenvalue weighted by molar-refractivity contribution is 7.98. The average Bonchev–Trinajstić information content (AvgIpc) is 3.55. The number of fused-ring (bicyclic) bond motifs is 1. The third-order valence-corrected chi connectivity index (χ3v) is 10.1. The summed E-state index contributed by atoms with van der Waals surface area (Å²) in [5, 5.41) is 6.37. The van der Waals surface area contributed by atoms with Gasteiger partial charge in [0.15, 0.2) is 5.16 Å². The molecule has 0 spiro atoms. The van der Waals surface area contributed by atoms with Gasteiger partial charge in [-0.3, -0.25) is 14.2 Å². The Bertz CT molecular complexity index is 1720. The van der Waals surface area contributed by atoms with Crippen LogP contribution in [0.4, 0.5) is 14.6 Å². The molecule has 45 heavy (non-hydrogen) atoms. The molecule has 0 radical (unpaired) electrons. The maximum Gasteiger partial charge on any atom is 0.257 e. The first-order chi connectivity index (χ1) is 21.5. The van der Waals surface area contributed by atoms with Gasteiger partial charge in [-0.15, -0.1) is 0 Å². The van der Waals surface area contributed by atoms with Crippen LogP contribution in [0.15, 0.2) is 59.9 Å². The monoisotopic (exact) mass is 649 g/mol. The van der Waals surface area contributed by atoms with Crippen molar-refractivity contribution in [3.05, 3.63) is 83.1 Å². The van der Waals surface area contributed by atoms with Gasteiger partial charge in [-0.25, -0.2) is 18.7 Å². The zero-order valence-electron chi connectivity index (χ0n) is 26.0. The molecule has 236 valence electrons. The maximum atomic E-state index is 14.4.